The maximum absolute atomic E-state index is 11.8. The van der Waals surface area contributed by atoms with Crippen LogP contribution in [0, 0.1) is 0 Å². The van der Waals surface area contributed by atoms with Gasteiger partial charge in [0.05, 0.1) is 0 Å². The molecule has 0 aliphatic rings. The van der Waals surface area contributed by atoms with Crippen LogP contribution in [0.5, 0.6) is 0 Å². The van der Waals surface area contributed by atoms with Gasteiger partial charge in [-0.15, -0.1) is 0 Å². The van der Waals surface area contributed by atoms with Crippen molar-refractivity contribution in [2.75, 3.05) is 0 Å². The number of pyridine rings is 1. The van der Waals surface area contributed by atoms with Crippen molar-refractivity contribution >= 4 is 11.6 Å². The fraction of sp³-hybridized carbons (Fsp3) is 0.188. The highest BCUT2D eigenvalue weighted by Crippen LogP contribution is 2.03. The second-order valence-corrected chi connectivity index (χ2v) is 4.35. The molecule has 102 valence electrons. The Hall–Kier alpha value is -2.49. The fourth-order valence-corrected chi connectivity index (χ4v) is 1.76. The lowest BCUT2D eigenvalue weighted by molar-refractivity contribution is 0.0949. The molecule has 1 N–H and O–H groups in total. The lowest BCUT2D eigenvalue weighted by Gasteiger charge is -2.05. The molecule has 0 fully saturated rings. The standard InChI is InChI=1S/C16H17N3O/c1-2-14(12-13-8-4-3-5-9-13)18-19-16(20)15-10-6-7-11-17-15/h3-11H,2,12H2,1H3,(H,19,20)/b18-14+. The maximum Gasteiger partial charge on any atom is 0.289 e. The van der Waals surface area contributed by atoms with E-state index >= 15 is 0 Å². The zero-order valence-corrected chi connectivity index (χ0v) is 11.4. The van der Waals surface area contributed by atoms with Crippen molar-refractivity contribution in [1.29, 1.82) is 0 Å². The van der Waals surface area contributed by atoms with Gasteiger partial charge < -0.3 is 0 Å². The van der Waals surface area contributed by atoms with Gasteiger partial charge in [0.2, 0.25) is 0 Å². The third kappa shape index (κ3) is 4.02. The summed E-state index contributed by atoms with van der Waals surface area (Å²) in [6.07, 6.45) is 3.11. The van der Waals surface area contributed by atoms with Gasteiger partial charge in [-0.1, -0.05) is 43.3 Å². The third-order valence-corrected chi connectivity index (χ3v) is 2.87. The molecule has 0 saturated carbocycles. The van der Waals surface area contributed by atoms with Crippen LogP contribution in [0.1, 0.15) is 29.4 Å². The quantitative estimate of drug-likeness (QED) is 0.669. The molecule has 0 aliphatic carbocycles. The molecule has 2 aromatic rings. The molecule has 2 rings (SSSR count). The Morgan fingerprint density at radius 3 is 2.55 bits per heavy atom. The van der Waals surface area contributed by atoms with E-state index < -0.39 is 0 Å². The van der Waals surface area contributed by atoms with Crippen LogP contribution in [-0.2, 0) is 6.42 Å². The first-order valence-electron chi connectivity index (χ1n) is 6.60. The molecule has 0 aliphatic heterocycles. The summed E-state index contributed by atoms with van der Waals surface area (Å²) in [5, 5.41) is 4.19. The molecule has 0 radical (unpaired) electrons. The summed E-state index contributed by atoms with van der Waals surface area (Å²) >= 11 is 0. The first kappa shape index (κ1) is 13.9. The molecule has 4 nitrogen and oxygen atoms in total. The number of carbonyl (C=O) groups is 1. The number of carbonyl (C=O) groups excluding carboxylic acids is 1. The lowest BCUT2D eigenvalue weighted by atomic mass is 10.1. The summed E-state index contributed by atoms with van der Waals surface area (Å²) in [6, 6.07) is 15.3. The van der Waals surface area contributed by atoms with Gasteiger partial charge in [-0.3, -0.25) is 9.78 Å². The van der Waals surface area contributed by atoms with Crippen LogP contribution in [0.3, 0.4) is 0 Å². The SMILES string of the molecule is CC/C(Cc1ccccc1)=N\NC(=O)c1ccccn1. The molecule has 1 amide bonds. The molecule has 0 saturated heterocycles. The average molecular weight is 267 g/mol. The summed E-state index contributed by atoms with van der Waals surface area (Å²) in [7, 11) is 0. The predicted octanol–water partition coefficient (Wildman–Crippen LogP) is 2.82. The lowest BCUT2D eigenvalue weighted by Crippen LogP contribution is -2.21. The minimum Gasteiger partial charge on any atom is -0.266 e. The molecule has 1 aromatic heterocycles. The first-order valence-corrected chi connectivity index (χ1v) is 6.60. The van der Waals surface area contributed by atoms with E-state index in [0.717, 1.165) is 18.6 Å². The second kappa shape index (κ2) is 7.19. The summed E-state index contributed by atoms with van der Waals surface area (Å²) in [6.45, 7) is 2.02. The van der Waals surface area contributed by atoms with Gasteiger partial charge in [0, 0.05) is 18.3 Å². The molecule has 4 heteroatoms. The van der Waals surface area contributed by atoms with Gasteiger partial charge in [0.25, 0.3) is 5.91 Å². The normalized spacial score (nSPS) is 11.2. The molecule has 0 atom stereocenters. The van der Waals surface area contributed by atoms with Crippen LogP contribution in [0.4, 0.5) is 0 Å². The first-order chi connectivity index (χ1) is 9.79. The number of hydrogen-bond donors (Lipinski definition) is 1. The van der Waals surface area contributed by atoms with Crippen LogP contribution in [0.15, 0.2) is 59.8 Å². The number of nitrogens with zero attached hydrogens (tertiary/aromatic N) is 2. The Kier molecular flexibility index (Phi) is 5.00. The van der Waals surface area contributed by atoms with Crippen molar-refractivity contribution in [3.05, 3.63) is 66.0 Å². The van der Waals surface area contributed by atoms with E-state index in [-0.39, 0.29) is 5.91 Å². The summed E-state index contributed by atoms with van der Waals surface area (Å²) < 4.78 is 0. The topological polar surface area (TPSA) is 54.4 Å². The molecule has 1 aromatic carbocycles. The number of amides is 1. The number of hydrazone groups is 1. The highest BCUT2D eigenvalue weighted by molar-refractivity contribution is 5.94. The number of aromatic nitrogens is 1. The minimum atomic E-state index is -0.287. The van der Waals surface area contributed by atoms with E-state index in [1.165, 1.54) is 5.56 Å². The Bertz CT molecular complexity index is 579. The zero-order valence-electron chi connectivity index (χ0n) is 11.4. The fourth-order valence-electron chi connectivity index (χ4n) is 1.76. The highest BCUT2D eigenvalue weighted by atomic mass is 16.2. The maximum atomic E-state index is 11.8. The van der Waals surface area contributed by atoms with E-state index in [9.17, 15) is 4.79 Å². The van der Waals surface area contributed by atoms with Crippen LogP contribution in [-0.4, -0.2) is 16.6 Å². The summed E-state index contributed by atoms with van der Waals surface area (Å²) in [5.74, 6) is -0.287. The summed E-state index contributed by atoms with van der Waals surface area (Å²) in [5.41, 5.74) is 5.04. The molecule has 20 heavy (non-hydrogen) atoms. The van der Waals surface area contributed by atoms with Gasteiger partial charge in [-0.05, 0) is 24.1 Å². The Morgan fingerprint density at radius 2 is 1.90 bits per heavy atom. The highest BCUT2D eigenvalue weighted by Gasteiger charge is 2.05. The van der Waals surface area contributed by atoms with E-state index in [0.29, 0.717) is 5.69 Å². The van der Waals surface area contributed by atoms with E-state index in [1.807, 2.05) is 37.3 Å². The van der Waals surface area contributed by atoms with Crippen molar-refractivity contribution in [3.63, 3.8) is 0 Å². The number of hydrogen-bond acceptors (Lipinski definition) is 3. The monoisotopic (exact) mass is 267 g/mol. The second-order valence-electron chi connectivity index (χ2n) is 4.35. The Balaban J connectivity index is 1.99. The summed E-state index contributed by atoms with van der Waals surface area (Å²) in [4.78, 5) is 15.8. The largest absolute Gasteiger partial charge is 0.289 e. The third-order valence-electron chi connectivity index (χ3n) is 2.87. The van der Waals surface area contributed by atoms with Gasteiger partial charge in [-0.25, -0.2) is 5.43 Å². The van der Waals surface area contributed by atoms with E-state index in [2.05, 4.69) is 15.5 Å². The smallest absolute Gasteiger partial charge is 0.266 e. The average Bonchev–Trinajstić information content (AvgIpc) is 2.53. The van der Waals surface area contributed by atoms with Crippen molar-refractivity contribution in [2.24, 2.45) is 5.10 Å². The van der Waals surface area contributed by atoms with E-state index in [4.69, 9.17) is 0 Å². The van der Waals surface area contributed by atoms with Crippen molar-refractivity contribution in [3.8, 4) is 0 Å². The van der Waals surface area contributed by atoms with Gasteiger partial charge in [-0.2, -0.15) is 5.10 Å². The van der Waals surface area contributed by atoms with Gasteiger partial charge in [0.1, 0.15) is 5.69 Å². The van der Waals surface area contributed by atoms with Crippen LogP contribution < -0.4 is 5.43 Å². The van der Waals surface area contributed by atoms with Crippen LogP contribution in [0.25, 0.3) is 0 Å². The molecule has 1 heterocycles. The van der Waals surface area contributed by atoms with Gasteiger partial charge >= 0.3 is 0 Å². The Morgan fingerprint density at radius 1 is 1.15 bits per heavy atom. The van der Waals surface area contributed by atoms with Crippen molar-refractivity contribution in [1.82, 2.24) is 10.4 Å². The number of benzene rings is 1. The van der Waals surface area contributed by atoms with Crippen molar-refractivity contribution < 1.29 is 4.79 Å². The van der Waals surface area contributed by atoms with Crippen LogP contribution in [0.2, 0.25) is 0 Å². The molecule has 0 unspecified atom stereocenters. The molecular weight excluding hydrogens is 250 g/mol. The number of rotatable bonds is 5. The molecular formula is C16H17N3O. The molecule has 0 bridgehead atoms. The Labute approximate surface area is 118 Å². The van der Waals surface area contributed by atoms with Crippen molar-refractivity contribution in [2.45, 2.75) is 19.8 Å². The zero-order chi connectivity index (χ0) is 14.2. The number of nitrogens with one attached hydrogen (secondary N) is 1. The van der Waals surface area contributed by atoms with Gasteiger partial charge in [0.15, 0.2) is 0 Å². The predicted molar refractivity (Wildman–Crippen MR) is 79.6 cm³/mol. The minimum absolute atomic E-state index is 0.287. The van der Waals surface area contributed by atoms with Crippen LogP contribution >= 0.6 is 0 Å². The molecule has 0 spiro atoms. The van der Waals surface area contributed by atoms with E-state index in [1.54, 1.807) is 24.4 Å².